The van der Waals surface area contributed by atoms with Gasteiger partial charge >= 0.3 is 0 Å². The molecule has 0 N–H and O–H groups in total. The molecule has 0 bridgehead atoms. The average molecular weight is 395 g/mol. The van der Waals surface area contributed by atoms with Gasteiger partial charge in [-0.15, -0.1) is 0 Å². The van der Waals surface area contributed by atoms with Crippen molar-refractivity contribution in [2.75, 3.05) is 0 Å². The second-order valence-corrected chi connectivity index (χ2v) is 6.96. The summed E-state index contributed by atoms with van der Waals surface area (Å²) in [6.45, 7) is 2.19. The molecule has 0 radical (unpaired) electrons. The molecule has 3 aromatic carbocycles. The third kappa shape index (κ3) is 3.78. The molecule has 1 heterocycles. The Balaban J connectivity index is 1.56. The molecule has 0 amide bonds. The summed E-state index contributed by atoms with van der Waals surface area (Å²) in [5.74, 6) is 0.739. The molecule has 3 aromatic rings. The fourth-order valence-corrected chi connectivity index (χ4v) is 3.28. The maximum Gasteiger partial charge on any atom is 0.232 e. The largest absolute Gasteiger partial charge is 0.489 e. The van der Waals surface area contributed by atoms with Crippen LogP contribution in [-0.4, -0.2) is 5.78 Å². The van der Waals surface area contributed by atoms with E-state index in [-0.39, 0.29) is 17.4 Å². The van der Waals surface area contributed by atoms with Crippen LogP contribution in [0.3, 0.4) is 0 Å². The van der Waals surface area contributed by atoms with Crippen LogP contribution < -0.4 is 9.47 Å². The van der Waals surface area contributed by atoms with Gasteiger partial charge in [0.25, 0.3) is 0 Å². The quantitative estimate of drug-likeness (QED) is 0.510. The van der Waals surface area contributed by atoms with E-state index < -0.39 is 0 Å². The number of ketones is 1. The summed E-state index contributed by atoms with van der Waals surface area (Å²) in [6, 6.07) is 16.8. The van der Waals surface area contributed by atoms with Crippen molar-refractivity contribution in [3.8, 4) is 11.5 Å². The maximum absolute atomic E-state index is 13.1. The van der Waals surface area contributed by atoms with Crippen LogP contribution in [0.1, 0.15) is 27.0 Å². The topological polar surface area (TPSA) is 35.5 Å². The number of hydrogen-bond acceptors (Lipinski definition) is 3. The highest BCUT2D eigenvalue weighted by molar-refractivity contribution is 6.30. The van der Waals surface area contributed by atoms with E-state index in [9.17, 15) is 9.18 Å². The zero-order valence-electron chi connectivity index (χ0n) is 15.0. The number of carbonyl (C=O) groups excluding carboxylic acids is 1. The summed E-state index contributed by atoms with van der Waals surface area (Å²) in [4.78, 5) is 12.7. The minimum Gasteiger partial charge on any atom is -0.489 e. The second kappa shape index (κ2) is 7.49. The van der Waals surface area contributed by atoms with Crippen LogP contribution in [0.4, 0.5) is 4.39 Å². The fraction of sp³-hybridized carbons (Fsp3) is 0.0870. The lowest BCUT2D eigenvalue weighted by Gasteiger charge is -2.09. The van der Waals surface area contributed by atoms with E-state index in [1.165, 1.54) is 12.1 Å². The van der Waals surface area contributed by atoms with Gasteiger partial charge in [0.2, 0.25) is 5.78 Å². The van der Waals surface area contributed by atoms with Crippen LogP contribution in [0, 0.1) is 12.7 Å². The number of Topliss-reactive ketones (excluding diaryl/α,β-unsaturated/α-hetero) is 1. The van der Waals surface area contributed by atoms with Gasteiger partial charge in [-0.3, -0.25) is 4.79 Å². The summed E-state index contributed by atoms with van der Waals surface area (Å²) in [7, 11) is 0. The highest BCUT2D eigenvalue weighted by Gasteiger charge is 2.30. The predicted octanol–water partition coefficient (Wildman–Crippen LogP) is 5.98. The van der Waals surface area contributed by atoms with Crippen molar-refractivity contribution in [3.05, 3.63) is 99.5 Å². The van der Waals surface area contributed by atoms with E-state index >= 15 is 0 Å². The van der Waals surface area contributed by atoms with Gasteiger partial charge in [-0.25, -0.2) is 4.39 Å². The minimum atomic E-state index is -0.332. The van der Waals surface area contributed by atoms with Crippen molar-refractivity contribution in [1.29, 1.82) is 0 Å². The molecule has 5 heteroatoms. The maximum atomic E-state index is 13.1. The Kier molecular flexibility index (Phi) is 4.88. The summed E-state index contributed by atoms with van der Waals surface area (Å²) >= 11 is 6.00. The molecule has 0 fully saturated rings. The molecule has 4 rings (SSSR count). The highest BCUT2D eigenvalue weighted by Crippen LogP contribution is 2.37. The molecule has 0 aromatic heterocycles. The van der Waals surface area contributed by atoms with E-state index in [0.29, 0.717) is 34.3 Å². The number of carbonyl (C=O) groups is 1. The van der Waals surface area contributed by atoms with Gasteiger partial charge in [0, 0.05) is 11.1 Å². The van der Waals surface area contributed by atoms with Gasteiger partial charge in [-0.05, 0) is 60.0 Å². The van der Waals surface area contributed by atoms with Crippen molar-refractivity contribution < 1.29 is 18.7 Å². The summed E-state index contributed by atoms with van der Waals surface area (Å²) in [5, 5.41) is 0.649. The van der Waals surface area contributed by atoms with Crippen LogP contribution in [-0.2, 0) is 6.61 Å². The normalized spacial score (nSPS) is 14.1. The number of fused-ring (bicyclic) bond motifs is 1. The number of halogens is 2. The number of ether oxygens (including phenoxy) is 2. The van der Waals surface area contributed by atoms with Gasteiger partial charge in [0.05, 0.1) is 5.56 Å². The Morgan fingerprint density at radius 1 is 1.11 bits per heavy atom. The monoisotopic (exact) mass is 394 g/mol. The number of benzene rings is 3. The van der Waals surface area contributed by atoms with E-state index in [0.717, 1.165) is 11.1 Å². The third-order valence-electron chi connectivity index (χ3n) is 4.41. The lowest BCUT2D eigenvalue weighted by molar-refractivity contribution is 0.101. The summed E-state index contributed by atoms with van der Waals surface area (Å²) in [5.41, 5.74) is 2.92. The van der Waals surface area contributed by atoms with Crippen LogP contribution in [0.15, 0.2) is 66.4 Å². The molecule has 1 aliphatic rings. The summed E-state index contributed by atoms with van der Waals surface area (Å²) < 4.78 is 24.7. The Labute approximate surface area is 167 Å². The first-order valence-corrected chi connectivity index (χ1v) is 9.09. The van der Waals surface area contributed by atoms with Gasteiger partial charge < -0.3 is 9.47 Å². The van der Waals surface area contributed by atoms with Gasteiger partial charge in [-0.1, -0.05) is 35.9 Å². The molecule has 0 spiro atoms. The molecule has 0 atom stereocenters. The first-order valence-electron chi connectivity index (χ1n) is 8.71. The number of aryl methyl sites for hydroxylation is 1. The van der Waals surface area contributed by atoms with Crippen molar-refractivity contribution in [1.82, 2.24) is 0 Å². The first-order chi connectivity index (χ1) is 13.5. The Morgan fingerprint density at radius 3 is 2.64 bits per heavy atom. The smallest absolute Gasteiger partial charge is 0.232 e. The predicted molar refractivity (Wildman–Crippen MR) is 106 cm³/mol. The van der Waals surface area contributed by atoms with Crippen molar-refractivity contribution in [2.45, 2.75) is 13.5 Å². The molecular weight excluding hydrogens is 379 g/mol. The Morgan fingerprint density at radius 2 is 1.89 bits per heavy atom. The fourth-order valence-electron chi connectivity index (χ4n) is 3.06. The number of rotatable bonds is 4. The van der Waals surface area contributed by atoms with Crippen LogP contribution in [0.2, 0.25) is 5.02 Å². The molecule has 28 heavy (non-hydrogen) atoms. The number of hydrogen-bond donors (Lipinski definition) is 0. The lowest BCUT2D eigenvalue weighted by atomic mass is 10.0. The van der Waals surface area contributed by atoms with Gasteiger partial charge in [0.15, 0.2) is 5.76 Å². The molecule has 0 unspecified atom stereocenters. The SMILES string of the molecule is Cc1cc(OCc2cccc(Cl)c2)cc2c1C(=O)/C(=C/c1ccc(F)cc1)O2. The van der Waals surface area contributed by atoms with Crippen molar-refractivity contribution >= 4 is 23.5 Å². The summed E-state index contributed by atoms with van der Waals surface area (Å²) in [6.07, 6.45) is 1.60. The minimum absolute atomic E-state index is 0.196. The van der Waals surface area contributed by atoms with Gasteiger partial charge in [-0.2, -0.15) is 0 Å². The Hall–Kier alpha value is -3.11. The van der Waals surface area contributed by atoms with E-state index in [4.69, 9.17) is 21.1 Å². The molecule has 1 aliphatic heterocycles. The van der Waals surface area contributed by atoms with Gasteiger partial charge in [0.1, 0.15) is 23.9 Å². The first kappa shape index (κ1) is 18.3. The van der Waals surface area contributed by atoms with E-state index in [1.54, 1.807) is 30.3 Å². The van der Waals surface area contributed by atoms with Crippen LogP contribution in [0.5, 0.6) is 11.5 Å². The number of allylic oxidation sites excluding steroid dienone is 1. The molecule has 0 saturated heterocycles. The van der Waals surface area contributed by atoms with Crippen molar-refractivity contribution in [3.63, 3.8) is 0 Å². The van der Waals surface area contributed by atoms with E-state index in [1.807, 2.05) is 31.2 Å². The molecular formula is C23H16ClFO3. The van der Waals surface area contributed by atoms with E-state index in [2.05, 4.69) is 0 Å². The Bertz CT molecular complexity index is 1090. The molecule has 140 valence electrons. The zero-order chi connectivity index (χ0) is 19.7. The lowest BCUT2D eigenvalue weighted by Crippen LogP contribution is -2.00. The van der Waals surface area contributed by atoms with Crippen LogP contribution >= 0.6 is 11.6 Å². The molecule has 0 aliphatic carbocycles. The standard InChI is InChI=1S/C23H16ClFO3/c1-14-9-19(27-13-16-3-2-4-17(24)10-16)12-20-22(14)23(26)21(28-20)11-15-5-7-18(25)8-6-15/h2-12H,13H2,1H3/b21-11-. The second-order valence-electron chi connectivity index (χ2n) is 6.52. The van der Waals surface area contributed by atoms with Crippen molar-refractivity contribution in [2.24, 2.45) is 0 Å². The highest BCUT2D eigenvalue weighted by atomic mass is 35.5. The average Bonchev–Trinajstić information content (AvgIpc) is 2.98. The third-order valence-corrected chi connectivity index (χ3v) is 4.64. The molecule has 0 saturated carbocycles. The zero-order valence-corrected chi connectivity index (χ0v) is 15.8. The molecule has 3 nitrogen and oxygen atoms in total. The van der Waals surface area contributed by atoms with Crippen LogP contribution in [0.25, 0.3) is 6.08 Å².